The molecule has 1 aliphatic rings. The minimum Gasteiger partial charge on any atom is -0.387 e. The van der Waals surface area contributed by atoms with Gasteiger partial charge in [0.1, 0.15) is 0 Å². The first kappa shape index (κ1) is 12.6. The number of piperazine rings is 1. The molecule has 0 saturated carbocycles. The molecule has 0 radical (unpaired) electrons. The third-order valence-corrected chi connectivity index (χ3v) is 3.35. The molecule has 5 heteroatoms. The number of H-pyrrole nitrogens is 1. The Kier molecular flexibility index (Phi) is 4.56. The van der Waals surface area contributed by atoms with Gasteiger partial charge in [0.05, 0.1) is 6.10 Å². The van der Waals surface area contributed by atoms with E-state index in [0.717, 1.165) is 44.8 Å². The van der Waals surface area contributed by atoms with Crippen molar-refractivity contribution in [3.05, 3.63) is 24.0 Å². The molecule has 0 aromatic carbocycles. The quantitative estimate of drug-likeness (QED) is 0.654. The topological polar surface area (TPSA) is 68.5 Å². The summed E-state index contributed by atoms with van der Waals surface area (Å²) in [5, 5.41) is 10.0. The normalized spacial score (nSPS) is 20.6. The smallest absolute Gasteiger partial charge is 0.0931 e. The molecule has 0 bridgehead atoms. The van der Waals surface area contributed by atoms with Crippen LogP contribution < -0.4 is 5.73 Å². The van der Waals surface area contributed by atoms with Crippen molar-refractivity contribution in [3.63, 3.8) is 0 Å². The van der Waals surface area contributed by atoms with Gasteiger partial charge in [-0.3, -0.25) is 9.80 Å². The van der Waals surface area contributed by atoms with Crippen LogP contribution in [-0.4, -0.2) is 65.7 Å². The largest absolute Gasteiger partial charge is 0.387 e. The zero-order valence-electron chi connectivity index (χ0n) is 10.2. The molecule has 5 nitrogen and oxygen atoms in total. The third-order valence-electron chi connectivity index (χ3n) is 3.35. The summed E-state index contributed by atoms with van der Waals surface area (Å²) in [6.45, 7) is 6.56. The summed E-state index contributed by atoms with van der Waals surface area (Å²) < 4.78 is 0. The highest BCUT2D eigenvalue weighted by atomic mass is 16.3. The van der Waals surface area contributed by atoms with E-state index >= 15 is 0 Å². The molecule has 0 amide bonds. The van der Waals surface area contributed by atoms with Crippen LogP contribution in [0.2, 0.25) is 0 Å². The average Bonchev–Trinajstić information content (AvgIpc) is 2.86. The Morgan fingerprint density at radius 2 is 2.00 bits per heavy atom. The second-order valence-corrected chi connectivity index (χ2v) is 4.59. The molecule has 1 aromatic heterocycles. The van der Waals surface area contributed by atoms with Crippen LogP contribution in [0.1, 0.15) is 11.7 Å². The van der Waals surface area contributed by atoms with Gasteiger partial charge in [-0.2, -0.15) is 0 Å². The molecule has 17 heavy (non-hydrogen) atoms. The van der Waals surface area contributed by atoms with E-state index in [4.69, 9.17) is 5.73 Å². The van der Waals surface area contributed by atoms with Gasteiger partial charge in [0.25, 0.3) is 0 Å². The van der Waals surface area contributed by atoms with E-state index in [0.29, 0.717) is 6.54 Å². The summed E-state index contributed by atoms with van der Waals surface area (Å²) in [5.41, 5.74) is 6.51. The molecule has 4 N–H and O–H groups in total. The number of aromatic amines is 1. The molecule has 2 heterocycles. The van der Waals surface area contributed by atoms with E-state index in [9.17, 15) is 5.11 Å². The minimum atomic E-state index is -0.387. The van der Waals surface area contributed by atoms with E-state index in [1.54, 1.807) is 0 Å². The molecule has 2 rings (SSSR count). The number of aliphatic hydroxyl groups is 1. The van der Waals surface area contributed by atoms with Crippen molar-refractivity contribution in [1.82, 2.24) is 14.8 Å². The van der Waals surface area contributed by atoms with Gasteiger partial charge in [0, 0.05) is 58.2 Å². The maximum Gasteiger partial charge on any atom is 0.0931 e. The predicted octanol–water partition coefficient (Wildman–Crippen LogP) is -0.376. The molecule has 1 aliphatic heterocycles. The maximum absolute atomic E-state index is 10.0. The Morgan fingerprint density at radius 1 is 1.29 bits per heavy atom. The second kappa shape index (κ2) is 6.16. The van der Waals surface area contributed by atoms with Crippen molar-refractivity contribution in [3.8, 4) is 0 Å². The highest BCUT2D eigenvalue weighted by Gasteiger charge is 2.19. The van der Waals surface area contributed by atoms with Crippen LogP contribution in [0.15, 0.2) is 18.5 Å². The van der Waals surface area contributed by atoms with Crippen molar-refractivity contribution < 1.29 is 5.11 Å². The fourth-order valence-electron chi connectivity index (χ4n) is 2.27. The number of nitrogens with one attached hydrogen (secondary N) is 1. The summed E-state index contributed by atoms with van der Waals surface area (Å²) in [6.07, 6.45) is 3.31. The van der Waals surface area contributed by atoms with E-state index < -0.39 is 0 Å². The Hall–Kier alpha value is -0.880. The van der Waals surface area contributed by atoms with Crippen LogP contribution in [0, 0.1) is 0 Å². The zero-order valence-corrected chi connectivity index (χ0v) is 10.2. The van der Waals surface area contributed by atoms with Gasteiger partial charge in [-0.05, 0) is 11.6 Å². The van der Waals surface area contributed by atoms with Crippen LogP contribution in [0.4, 0.5) is 0 Å². The van der Waals surface area contributed by atoms with Crippen molar-refractivity contribution >= 4 is 0 Å². The molecule has 1 saturated heterocycles. The van der Waals surface area contributed by atoms with Gasteiger partial charge >= 0.3 is 0 Å². The van der Waals surface area contributed by atoms with Gasteiger partial charge in [0.2, 0.25) is 0 Å². The molecule has 96 valence electrons. The van der Waals surface area contributed by atoms with Crippen molar-refractivity contribution in [1.29, 1.82) is 0 Å². The number of hydrogen-bond donors (Lipinski definition) is 3. The first-order valence-corrected chi connectivity index (χ1v) is 6.25. The van der Waals surface area contributed by atoms with E-state index in [-0.39, 0.29) is 6.10 Å². The summed E-state index contributed by atoms with van der Waals surface area (Å²) in [5.74, 6) is 0. The third kappa shape index (κ3) is 3.54. The molecule has 1 unspecified atom stereocenters. The lowest BCUT2D eigenvalue weighted by molar-refractivity contribution is 0.0737. The van der Waals surface area contributed by atoms with Crippen LogP contribution in [-0.2, 0) is 0 Å². The number of β-amino-alcohol motifs (C(OH)–C–C–N with tert-alkyl or cyclic N) is 1. The number of nitrogens with two attached hydrogens (primary N) is 1. The lowest BCUT2D eigenvalue weighted by Crippen LogP contribution is -2.48. The lowest BCUT2D eigenvalue weighted by Gasteiger charge is -2.35. The van der Waals surface area contributed by atoms with Crippen LogP contribution in [0.3, 0.4) is 0 Å². The van der Waals surface area contributed by atoms with Gasteiger partial charge < -0.3 is 15.8 Å². The number of hydrogen-bond acceptors (Lipinski definition) is 4. The van der Waals surface area contributed by atoms with Gasteiger partial charge in [0.15, 0.2) is 0 Å². The van der Waals surface area contributed by atoms with Gasteiger partial charge in [-0.25, -0.2) is 0 Å². The maximum atomic E-state index is 10.0. The monoisotopic (exact) mass is 238 g/mol. The van der Waals surface area contributed by atoms with E-state index in [1.165, 1.54) is 0 Å². The molecular formula is C12H22N4O. The lowest BCUT2D eigenvalue weighted by atomic mass is 10.1. The number of aromatic nitrogens is 1. The van der Waals surface area contributed by atoms with Crippen molar-refractivity contribution in [2.75, 3.05) is 45.8 Å². The minimum absolute atomic E-state index is 0.387. The Bertz CT molecular complexity index is 306. The summed E-state index contributed by atoms with van der Waals surface area (Å²) in [7, 11) is 0. The molecule has 0 aliphatic carbocycles. The predicted molar refractivity (Wildman–Crippen MR) is 67.7 cm³/mol. The number of rotatable bonds is 5. The SMILES string of the molecule is NCCN1CCN(CC(O)c2cc[nH]c2)CC1. The fraction of sp³-hybridized carbons (Fsp3) is 0.667. The Morgan fingerprint density at radius 3 is 2.59 bits per heavy atom. The van der Waals surface area contributed by atoms with Crippen molar-refractivity contribution in [2.45, 2.75) is 6.10 Å². The first-order chi connectivity index (χ1) is 8.29. The van der Waals surface area contributed by atoms with Crippen LogP contribution in [0.25, 0.3) is 0 Å². The summed E-state index contributed by atoms with van der Waals surface area (Å²) in [6, 6.07) is 1.93. The van der Waals surface area contributed by atoms with Gasteiger partial charge in [-0.15, -0.1) is 0 Å². The van der Waals surface area contributed by atoms with Crippen LogP contribution in [0.5, 0.6) is 0 Å². The van der Waals surface area contributed by atoms with E-state index in [1.807, 2.05) is 18.5 Å². The van der Waals surface area contributed by atoms with Gasteiger partial charge in [-0.1, -0.05) is 0 Å². The molecule has 1 aromatic rings. The fourth-order valence-corrected chi connectivity index (χ4v) is 2.27. The molecule has 1 atom stereocenters. The Labute approximate surface area is 102 Å². The standard InChI is InChI=1S/C12H22N4O/c13-2-4-15-5-7-16(8-6-15)10-12(17)11-1-3-14-9-11/h1,3,9,12,14,17H,2,4-8,10,13H2. The average molecular weight is 238 g/mol. The number of nitrogens with zero attached hydrogens (tertiary/aromatic N) is 2. The summed E-state index contributed by atoms with van der Waals surface area (Å²) >= 11 is 0. The van der Waals surface area contributed by atoms with Crippen LogP contribution >= 0.6 is 0 Å². The van der Waals surface area contributed by atoms with E-state index in [2.05, 4.69) is 14.8 Å². The summed E-state index contributed by atoms with van der Waals surface area (Å²) in [4.78, 5) is 7.66. The van der Waals surface area contributed by atoms with Crippen molar-refractivity contribution in [2.24, 2.45) is 5.73 Å². The first-order valence-electron chi connectivity index (χ1n) is 6.25. The zero-order chi connectivity index (χ0) is 12.1. The second-order valence-electron chi connectivity index (χ2n) is 4.59. The molecule has 1 fully saturated rings. The highest BCUT2D eigenvalue weighted by Crippen LogP contribution is 2.14. The number of aliphatic hydroxyl groups excluding tert-OH is 1. The molecule has 0 spiro atoms. The highest BCUT2D eigenvalue weighted by molar-refractivity contribution is 5.12. The Balaban J connectivity index is 1.74. The molecular weight excluding hydrogens is 216 g/mol.